The molecule has 0 saturated carbocycles. The zero-order valence-corrected chi connectivity index (χ0v) is 10.2. The van der Waals surface area contributed by atoms with Gasteiger partial charge < -0.3 is 24.8 Å². The molecule has 8 heteroatoms. The molecule has 1 atom stereocenters. The molecule has 0 spiro atoms. The first kappa shape index (κ1) is 12.8. The number of rotatable bonds is 6. The molecule has 1 aromatic rings. The molecule has 0 aliphatic carbocycles. The average Bonchev–Trinajstić information content (AvgIpc) is 2.79. The second-order valence-electron chi connectivity index (χ2n) is 4.01. The average molecular weight is 255 g/mol. The van der Waals surface area contributed by atoms with E-state index in [1.54, 1.807) is 7.11 Å². The number of hydrogen-bond donors (Lipinski definition) is 3. The Morgan fingerprint density at radius 1 is 1.67 bits per heavy atom. The lowest BCUT2D eigenvalue weighted by Crippen LogP contribution is -2.30. The maximum atomic E-state index is 11.5. The molecule has 18 heavy (non-hydrogen) atoms. The number of aromatic amines is 1. The van der Waals surface area contributed by atoms with Crippen LogP contribution in [0.4, 0.5) is 11.5 Å². The van der Waals surface area contributed by atoms with Crippen molar-refractivity contribution in [1.29, 1.82) is 0 Å². The minimum Gasteiger partial charge on any atom is -0.379 e. The second kappa shape index (κ2) is 5.80. The predicted octanol–water partition coefficient (Wildman–Crippen LogP) is -0.745. The van der Waals surface area contributed by atoms with Gasteiger partial charge in [-0.2, -0.15) is 0 Å². The number of nitrogens with two attached hydrogens (primary N) is 1. The lowest BCUT2D eigenvalue weighted by atomic mass is 10.2. The number of aromatic nitrogens is 2. The van der Waals surface area contributed by atoms with Gasteiger partial charge in [-0.25, -0.2) is 10.9 Å². The van der Waals surface area contributed by atoms with Crippen LogP contribution in [0.2, 0.25) is 0 Å². The van der Waals surface area contributed by atoms with Gasteiger partial charge in [0.2, 0.25) is 0 Å². The molecule has 2 heterocycles. The number of methoxy groups -OCH3 is 1. The summed E-state index contributed by atoms with van der Waals surface area (Å²) in [7, 11) is 1.61. The first-order valence-electron chi connectivity index (χ1n) is 5.67. The highest BCUT2D eigenvalue weighted by atomic mass is 16.6. The van der Waals surface area contributed by atoms with Crippen molar-refractivity contribution in [3.05, 3.63) is 16.7 Å². The number of fused-ring (bicyclic) bond motifs is 1. The molecule has 0 saturated heterocycles. The second-order valence-corrected chi connectivity index (χ2v) is 4.01. The Kier molecular flexibility index (Phi) is 4.13. The van der Waals surface area contributed by atoms with Crippen LogP contribution in [-0.4, -0.2) is 43.0 Å². The molecule has 100 valence electrons. The van der Waals surface area contributed by atoms with E-state index >= 15 is 0 Å². The van der Waals surface area contributed by atoms with Gasteiger partial charge in [0.25, 0.3) is 5.56 Å². The van der Waals surface area contributed by atoms with Crippen LogP contribution < -0.4 is 21.7 Å². The van der Waals surface area contributed by atoms with Crippen LogP contribution >= 0.6 is 0 Å². The predicted molar refractivity (Wildman–Crippen MR) is 66.2 cm³/mol. The van der Waals surface area contributed by atoms with Crippen LogP contribution in [0.3, 0.4) is 0 Å². The van der Waals surface area contributed by atoms with Crippen LogP contribution in [0.1, 0.15) is 6.42 Å². The minimum atomic E-state index is -0.156. The van der Waals surface area contributed by atoms with Crippen LogP contribution in [0.5, 0.6) is 0 Å². The quantitative estimate of drug-likeness (QED) is 0.574. The highest BCUT2D eigenvalue weighted by Crippen LogP contribution is 2.24. The molecule has 4 N–H and O–H groups in total. The van der Waals surface area contributed by atoms with E-state index in [-0.39, 0.29) is 11.7 Å². The van der Waals surface area contributed by atoms with E-state index in [0.717, 1.165) is 6.42 Å². The van der Waals surface area contributed by atoms with Gasteiger partial charge in [-0.05, 0) is 6.42 Å². The van der Waals surface area contributed by atoms with Crippen molar-refractivity contribution < 1.29 is 9.57 Å². The topological polar surface area (TPSA) is 106 Å². The Hall–Kier alpha value is -1.64. The van der Waals surface area contributed by atoms with Gasteiger partial charge in [0.05, 0.1) is 25.7 Å². The van der Waals surface area contributed by atoms with Crippen molar-refractivity contribution in [2.45, 2.75) is 12.5 Å². The molecule has 1 unspecified atom stereocenters. The Morgan fingerprint density at radius 2 is 2.50 bits per heavy atom. The summed E-state index contributed by atoms with van der Waals surface area (Å²) < 4.78 is 5.22. The fourth-order valence-electron chi connectivity index (χ4n) is 1.90. The largest absolute Gasteiger partial charge is 0.379 e. The van der Waals surface area contributed by atoms with E-state index in [1.807, 2.05) is 4.90 Å². The summed E-state index contributed by atoms with van der Waals surface area (Å²) in [6.45, 7) is 1.61. The lowest BCUT2D eigenvalue weighted by molar-refractivity contribution is 0.00495. The summed E-state index contributed by atoms with van der Waals surface area (Å²) in [5.41, 5.74) is 0.359. The molecule has 8 nitrogen and oxygen atoms in total. The van der Waals surface area contributed by atoms with E-state index in [1.165, 1.54) is 6.33 Å². The van der Waals surface area contributed by atoms with Gasteiger partial charge in [-0.1, -0.05) is 0 Å². The minimum absolute atomic E-state index is 0.0685. The summed E-state index contributed by atoms with van der Waals surface area (Å²) in [6, 6.07) is 0. The zero-order chi connectivity index (χ0) is 13.0. The first-order chi connectivity index (χ1) is 8.76. The van der Waals surface area contributed by atoms with Crippen LogP contribution in [-0.2, 0) is 9.57 Å². The Morgan fingerprint density at radius 3 is 3.22 bits per heavy atom. The Labute approximate surface area is 104 Å². The number of nitrogens with one attached hydrogen (secondary N) is 2. The fourth-order valence-corrected chi connectivity index (χ4v) is 1.90. The van der Waals surface area contributed by atoms with E-state index in [9.17, 15) is 4.79 Å². The normalized spacial score (nSPS) is 15.3. The van der Waals surface area contributed by atoms with Crippen LogP contribution in [0.25, 0.3) is 0 Å². The molecule has 1 aliphatic heterocycles. The fraction of sp³-hybridized carbons (Fsp3) is 0.600. The third kappa shape index (κ3) is 2.61. The molecule has 0 fully saturated rings. The summed E-state index contributed by atoms with van der Waals surface area (Å²) >= 11 is 0. The molecule has 2 rings (SSSR count). The van der Waals surface area contributed by atoms with Gasteiger partial charge in [0.1, 0.15) is 5.69 Å². The highest BCUT2D eigenvalue weighted by molar-refractivity contribution is 5.69. The number of H-pyrrole nitrogens is 1. The monoisotopic (exact) mass is 255 g/mol. The van der Waals surface area contributed by atoms with Crippen molar-refractivity contribution in [1.82, 2.24) is 9.97 Å². The van der Waals surface area contributed by atoms with Crippen molar-refractivity contribution in [2.24, 2.45) is 5.90 Å². The van der Waals surface area contributed by atoms with E-state index in [4.69, 9.17) is 10.6 Å². The van der Waals surface area contributed by atoms with Crippen molar-refractivity contribution in [3.8, 4) is 0 Å². The SMILES string of the molecule is COC(CCN1CNc2c1nc[nH]c2=O)CON. The summed E-state index contributed by atoms with van der Waals surface area (Å²) in [4.78, 5) is 24.7. The van der Waals surface area contributed by atoms with Gasteiger partial charge >= 0.3 is 0 Å². The molecule has 1 aromatic heterocycles. The summed E-state index contributed by atoms with van der Waals surface area (Å²) in [6.07, 6.45) is 2.07. The molecule has 0 amide bonds. The molecule has 1 aliphatic rings. The zero-order valence-electron chi connectivity index (χ0n) is 10.2. The third-order valence-electron chi connectivity index (χ3n) is 2.92. The molecular formula is C10H17N5O3. The van der Waals surface area contributed by atoms with Crippen molar-refractivity contribution >= 4 is 11.5 Å². The smallest absolute Gasteiger partial charge is 0.276 e. The van der Waals surface area contributed by atoms with Gasteiger partial charge in [-0.3, -0.25) is 4.79 Å². The number of nitrogens with zero attached hydrogens (tertiary/aromatic N) is 2. The number of anilines is 2. The van der Waals surface area contributed by atoms with Gasteiger partial charge in [-0.15, -0.1) is 0 Å². The number of ether oxygens (including phenoxy) is 1. The molecule has 0 bridgehead atoms. The van der Waals surface area contributed by atoms with Crippen molar-refractivity contribution in [3.63, 3.8) is 0 Å². The van der Waals surface area contributed by atoms with E-state index < -0.39 is 0 Å². The van der Waals surface area contributed by atoms with Crippen molar-refractivity contribution in [2.75, 3.05) is 37.1 Å². The molecule has 0 aromatic carbocycles. The maximum absolute atomic E-state index is 11.5. The maximum Gasteiger partial charge on any atom is 0.276 e. The Bertz CT molecular complexity index is 449. The molecular weight excluding hydrogens is 238 g/mol. The Balaban J connectivity index is 1.97. The highest BCUT2D eigenvalue weighted by Gasteiger charge is 2.23. The third-order valence-corrected chi connectivity index (χ3v) is 2.92. The van der Waals surface area contributed by atoms with Gasteiger partial charge in [0.15, 0.2) is 5.82 Å². The lowest BCUT2D eigenvalue weighted by Gasteiger charge is -2.20. The van der Waals surface area contributed by atoms with Crippen LogP contribution in [0.15, 0.2) is 11.1 Å². The van der Waals surface area contributed by atoms with Crippen LogP contribution in [0, 0.1) is 0 Å². The van der Waals surface area contributed by atoms with E-state index in [0.29, 0.717) is 31.3 Å². The number of hydrogen-bond acceptors (Lipinski definition) is 7. The van der Waals surface area contributed by atoms with Gasteiger partial charge in [0, 0.05) is 13.7 Å². The molecule has 0 radical (unpaired) electrons. The van der Waals surface area contributed by atoms with E-state index in [2.05, 4.69) is 20.1 Å². The summed E-state index contributed by atoms with van der Waals surface area (Å²) in [5, 5.41) is 3.02. The standard InChI is InChI=1S/C10H17N5O3/c1-17-7(4-18-11)2-3-15-6-14-8-9(15)12-5-13-10(8)16/h5,7,14H,2-4,6,11H2,1H3,(H,12,13,16). The first-order valence-corrected chi connectivity index (χ1v) is 5.67. The summed E-state index contributed by atoms with van der Waals surface area (Å²) in [5.74, 6) is 5.69.